The van der Waals surface area contributed by atoms with Crippen molar-refractivity contribution in [3.8, 4) is 0 Å². The molecule has 0 atom stereocenters. The Morgan fingerprint density at radius 2 is 2.12 bits per heavy atom. The zero-order chi connectivity index (χ0) is 11.7. The van der Waals surface area contributed by atoms with Crippen LogP contribution in [0.25, 0.3) is 11.0 Å². The van der Waals surface area contributed by atoms with Crippen LogP contribution in [0.4, 0.5) is 4.39 Å². The summed E-state index contributed by atoms with van der Waals surface area (Å²) in [6.07, 6.45) is 1.56. The van der Waals surface area contributed by atoms with E-state index >= 15 is 0 Å². The maximum Gasteiger partial charge on any atom is 0.340 e. The minimum Gasteiger partial charge on any atom is -0.465 e. The quantitative estimate of drug-likeness (QED) is 0.688. The van der Waals surface area contributed by atoms with Crippen LogP contribution >= 0.6 is 0 Å². The monoisotopic (exact) mass is 220 g/mol. The number of carbonyl (C=O) groups excluding carboxylic acids is 1. The van der Waals surface area contributed by atoms with Crippen LogP contribution in [0.1, 0.15) is 16.1 Å². The van der Waals surface area contributed by atoms with Crippen molar-refractivity contribution in [2.45, 2.75) is 6.92 Å². The maximum absolute atomic E-state index is 13.5. The van der Waals surface area contributed by atoms with Gasteiger partial charge in [-0.2, -0.15) is 0 Å². The van der Waals surface area contributed by atoms with Crippen molar-refractivity contribution in [1.82, 2.24) is 9.97 Å². The highest BCUT2D eigenvalue weighted by atomic mass is 19.1. The predicted octanol–water partition coefficient (Wildman–Crippen LogP) is 1.86. The summed E-state index contributed by atoms with van der Waals surface area (Å²) in [5, 5.41) is 0. The fraction of sp³-hybridized carbons (Fsp3) is 0.182. The lowest BCUT2D eigenvalue weighted by molar-refractivity contribution is 0.0595. The van der Waals surface area contributed by atoms with Gasteiger partial charge in [0.15, 0.2) is 0 Å². The molecule has 82 valence electrons. The van der Waals surface area contributed by atoms with E-state index in [1.807, 2.05) is 0 Å². The molecule has 1 aromatic carbocycles. The highest BCUT2D eigenvalue weighted by Crippen LogP contribution is 2.16. The van der Waals surface area contributed by atoms with E-state index < -0.39 is 11.8 Å². The summed E-state index contributed by atoms with van der Waals surface area (Å²) in [4.78, 5) is 19.4. The highest BCUT2D eigenvalue weighted by Gasteiger charge is 2.14. The number of rotatable bonds is 1. The fourth-order valence-corrected chi connectivity index (χ4v) is 1.39. The number of aryl methyl sites for hydroxylation is 1. The Morgan fingerprint density at radius 3 is 2.81 bits per heavy atom. The van der Waals surface area contributed by atoms with E-state index in [2.05, 4.69) is 14.7 Å². The van der Waals surface area contributed by atoms with Gasteiger partial charge in [-0.15, -0.1) is 0 Å². The second-order valence-electron chi connectivity index (χ2n) is 3.32. The molecule has 2 rings (SSSR count). The number of benzene rings is 1. The van der Waals surface area contributed by atoms with Gasteiger partial charge in [-0.3, -0.25) is 4.98 Å². The summed E-state index contributed by atoms with van der Waals surface area (Å²) in [6, 6.07) is 2.52. The average Bonchev–Trinajstić information content (AvgIpc) is 2.27. The van der Waals surface area contributed by atoms with Crippen molar-refractivity contribution in [2.24, 2.45) is 0 Å². The summed E-state index contributed by atoms with van der Waals surface area (Å²) < 4.78 is 18.0. The first-order chi connectivity index (χ1) is 7.61. The number of hydrogen-bond donors (Lipinski definition) is 0. The van der Waals surface area contributed by atoms with Crippen LogP contribution in [0.3, 0.4) is 0 Å². The Labute approximate surface area is 91.1 Å². The summed E-state index contributed by atoms with van der Waals surface area (Å²) in [6.45, 7) is 1.76. The maximum atomic E-state index is 13.5. The van der Waals surface area contributed by atoms with Gasteiger partial charge in [0.25, 0.3) is 0 Å². The largest absolute Gasteiger partial charge is 0.465 e. The van der Waals surface area contributed by atoms with E-state index in [1.165, 1.54) is 19.2 Å². The van der Waals surface area contributed by atoms with Crippen molar-refractivity contribution in [3.05, 3.63) is 35.4 Å². The van der Waals surface area contributed by atoms with E-state index in [0.717, 1.165) is 0 Å². The van der Waals surface area contributed by atoms with Crippen LogP contribution in [0, 0.1) is 12.7 Å². The Hall–Kier alpha value is -2.04. The molecule has 2 aromatic rings. The lowest BCUT2D eigenvalue weighted by Crippen LogP contribution is -2.05. The van der Waals surface area contributed by atoms with Gasteiger partial charge in [0.05, 0.1) is 29.4 Å². The van der Waals surface area contributed by atoms with E-state index in [9.17, 15) is 9.18 Å². The SMILES string of the molecule is COC(=O)c1cc2ncc(C)nc2cc1F. The van der Waals surface area contributed by atoms with E-state index in [-0.39, 0.29) is 5.56 Å². The standard InChI is InChI=1S/C11H9FN2O2/c1-6-5-13-9-3-7(11(15)16-2)8(12)4-10(9)14-6/h3-5H,1-2H3. The van der Waals surface area contributed by atoms with Crippen molar-refractivity contribution < 1.29 is 13.9 Å². The van der Waals surface area contributed by atoms with Gasteiger partial charge >= 0.3 is 5.97 Å². The van der Waals surface area contributed by atoms with Crippen molar-refractivity contribution >= 4 is 17.0 Å². The van der Waals surface area contributed by atoms with Crippen molar-refractivity contribution in [2.75, 3.05) is 7.11 Å². The number of ether oxygens (including phenoxy) is 1. The number of fused-ring (bicyclic) bond motifs is 1. The molecule has 0 aliphatic carbocycles. The third-order valence-corrected chi connectivity index (χ3v) is 2.16. The molecule has 0 unspecified atom stereocenters. The summed E-state index contributed by atoms with van der Waals surface area (Å²) in [5.41, 5.74) is 1.45. The van der Waals surface area contributed by atoms with Gasteiger partial charge in [0, 0.05) is 12.3 Å². The zero-order valence-electron chi connectivity index (χ0n) is 8.82. The molecule has 5 heteroatoms. The number of nitrogens with zero attached hydrogens (tertiary/aromatic N) is 2. The molecular formula is C11H9FN2O2. The molecular weight excluding hydrogens is 211 g/mol. The molecule has 0 N–H and O–H groups in total. The normalized spacial score (nSPS) is 10.4. The second kappa shape index (κ2) is 3.84. The van der Waals surface area contributed by atoms with Crippen molar-refractivity contribution in [3.63, 3.8) is 0 Å². The van der Waals surface area contributed by atoms with Crippen LogP contribution in [0.5, 0.6) is 0 Å². The minimum atomic E-state index is -0.721. The molecule has 0 aliphatic heterocycles. The molecule has 0 aliphatic rings. The van der Waals surface area contributed by atoms with Gasteiger partial charge in [0.1, 0.15) is 5.82 Å². The van der Waals surface area contributed by atoms with E-state index in [1.54, 1.807) is 13.1 Å². The first-order valence-electron chi connectivity index (χ1n) is 4.63. The number of aromatic nitrogens is 2. The Balaban J connectivity index is 2.67. The van der Waals surface area contributed by atoms with Gasteiger partial charge in [-0.05, 0) is 13.0 Å². The summed E-state index contributed by atoms with van der Waals surface area (Å²) in [7, 11) is 1.20. The van der Waals surface area contributed by atoms with Crippen molar-refractivity contribution in [1.29, 1.82) is 0 Å². The molecule has 0 saturated heterocycles. The smallest absolute Gasteiger partial charge is 0.340 e. The highest BCUT2D eigenvalue weighted by molar-refractivity contribution is 5.93. The van der Waals surface area contributed by atoms with Gasteiger partial charge in [-0.25, -0.2) is 14.2 Å². The number of hydrogen-bond acceptors (Lipinski definition) is 4. The van der Waals surface area contributed by atoms with E-state index in [4.69, 9.17) is 0 Å². The topological polar surface area (TPSA) is 52.1 Å². The molecule has 0 amide bonds. The fourth-order valence-electron chi connectivity index (χ4n) is 1.39. The Kier molecular flexibility index (Phi) is 2.52. The van der Waals surface area contributed by atoms with Crippen LogP contribution < -0.4 is 0 Å². The number of halogens is 1. The molecule has 0 radical (unpaired) electrons. The molecule has 16 heavy (non-hydrogen) atoms. The van der Waals surface area contributed by atoms with Crippen LogP contribution in [0.2, 0.25) is 0 Å². The Bertz CT molecular complexity index is 569. The third kappa shape index (κ3) is 1.71. The van der Waals surface area contributed by atoms with Gasteiger partial charge in [0.2, 0.25) is 0 Å². The molecule has 0 bridgehead atoms. The van der Waals surface area contributed by atoms with Gasteiger partial charge < -0.3 is 4.74 Å². The Morgan fingerprint density at radius 1 is 1.38 bits per heavy atom. The molecule has 0 fully saturated rings. The molecule has 0 spiro atoms. The summed E-state index contributed by atoms with van der Waals surface area (Å²) in [5.74, 6) is -1.37. The molecule has 1 aromatic heterocycles. The number of methoxy groups -OCH3 is 1. The number of carbonyl (C=O) groups is 1. The van der Waals surface area contributed by atoms with Crippen LogP contribution in [-0.2, 0) is 4.74 Å². The third-order valence-electron chi connectivity index (χ3n) is 2.16. The zero-order valence-corrected chi connectivity index (χ0v) is 8.82. The lowest BCUT2D eigenvalue weighted by Gasteiger charge is -2.03. The van der Waals surface area contributed by atoms with Crippen LogP contribution in [0.15, 0.2) is 18.3 Å². The molecule has 1 heterocycles. The minimum absolute atomic E-state index is 0.131. The first kappa shape index (κ1) is 10.5. The second-order valence-corrected chi connectivity index (χ2v) is 3.32. The molecule has 4 nitrogen and oxygen atoms in total. The molecule has 0 saturated carbocycles. The van der Waals surface area contributed by atoms with Gasteiger partial charge in [-0.1, -0.05) is 0 Å². The average molecular weight is 220 g/mol. The van der Waals surface area contributed by atoms with Crippen LogP contribution in [-0.4, -0.2) is 23.0 Å². The first-order valence-corrected chi connectivity index (χ1v) is 4.63. The van der Waals surface area contributed by atoms with E-state index in [0.29, 0.717) is 16.7 Å². The summed E-state index contributed by atoms with van der Waals surface area (Å²) >= 11 is 0. The number of esters is 1. The lowest BCUT2D eigenvalue weighted by atomic mass is 10.2. The predicted molar refractivity (Wildman–Crippen MR) is 55.6 cm³/mol.